The normalized spacial score (nSPS) is 16.8. The SMILES string of the molecule is Cc1cccc(F)c1-c1nc2c(cc1Cl)c(N1C[C@@H](C)N(C(=O)OC(C)(C)C)C[C@@H]1CCl)c([N+](=O)[O-])c(=O)n2-c1c(C)ccnc1C(C)C. The van der Waals surface area contributed by atoms with Crippen LogP contribution in [0, 0.1) is 29.8 Å². The van der Waals surface area contributed by atoms with E-state index < -0.39 is 45.8 Å². The molecule has 1 fully saturated rings. The summed E-state index contributed by atoms with van der Waals surface area (Å²) in [4.78, 5) is 52.8. The summed E-state index contributed by atoms with van der Waals surface area (Å²) in [6.45, 7) is 14.5. The summed E-state index contributed by atoms with van der Waals surface area (Å²) in [5.41, 5.74) is -0.182. The van der Waals surface area contributed by atoms with Crippen molar-refractivity contribution in [2.75, 3.05) is 23.9 Å². The number of anilines is 1. The van der Waals surface area contributed by atoms with E-state index in [2.05, 4.69) is 4.98 Å². The van der Waals surface area contributed by atoms with Crippen molar-refractivity contribution in [1.82, 2.24) is 19.4 Å². The molecular weight excluding hydrogens is 674 g/mol. The fraction of sp³-hybridized carbons (Fsp3) is 0.429. The molecule has 1 aromatic carbocycles. The molecule has 49 heavy (non-hydrogen) atoms. The molecule has 0 spiro atoms. The first kappa shape index (κ1) is 36.0. The molecule has 11 nitrogen and oxygen atoms in total. The van der Waals surface area contributed by atoms with E-state index in [1.807, 2.05) is 13.8 Å². The number of alkyl halides is 1. The summed E-state index contributed by atoms with van der Waals surface area (Å²) in [7, 11) is 0. The maximum atomic E-state index is 15.4. The number of hydrogen-bond acceptors (Lipinski definition) is 8. The molecule has 1 aliphatic rings. The zero-order valence-corrected chi connectivity index (χ0v) is 30.2. The lowest BCUT2D eigenvalue weighted by Crippen LogP contribution is -2.60. The van der Waals surface area contributed by atoms with E-state index in [0.717, 1.165) is 0 Å². The zero-order valence-electron chi connectivity index (χ0n) is 28.7. The minimum Gasteiger partial charge on any atom is -0.444 e. The minimum atomic E-state index is -0.952. The molecule has 0 radical (unpaired) electrons. The average Bonchev–Trinajstić information content (AvgIpc) is 3.00. The summed E-state index contributed by atoms with van der Waals surface area (Å²) in [6.07, 6.45) is 1.06. The van der Waals surface area contributed by atoms with Crippen LogP contribution in [0.5, 0.6) is 0 Å². The van der Waals surface area contributed by atoms with Crippen LogP contribution >= 0.6 is 23.2 Å². The van der Waals surface area contributed by atoms with Gasteiger partial charge in [-0.05, 0) is 76.8 Å². The quantitative estimate of drug-likeness (QED) is 0.112. The molecule has 5 rings (SSSR count). The van der Waals surface area contributed by atoms with Crippen LogP contribution in [0.3, 0.4) is 0 Å². The molecule has 4 aromatic rings. The third-order valence-electron chi connectivity index (χ3n) is 8.55. The molecule has 0 bridgehead atoms. The Hall–Kier alpha value is -4.29. The molecule has 14 heteroatoms. The van der Waals surface area contributed by atoms with Crippen molar-refractivity contribution in [3.63, 3.8) is 0 Å². The molecular formula is C35H39Cl2FN6O5. The van der Waals surface area contributed by atoms with Crippen molar-refractivity contribution in [1.29, 1.82) is 0 Å². The number of nitro groups is 1. The number of ether oxygens (including phenoxy) is 1. The monoisotopic (exact) mass is 712 g/mol. The van der Waals surface area contributed by atoms with Gasteiger partial charge in [-0.2, -0.15) is 0 Å². The second-order valence-corrected chi connectivity index (χ2v) is 14.4. The lowest BCUT2D eigenvalue weighted by molar-refractivity contribution is -0.385. The minimum absolute atomic E-state index is 0.0244. The summed E-state index contributed by atoms with van der Waals surface area (Å²) >= 11 is 13.4. The van der Waals surface area contributed by atoms with E-state index in [1.165, 1.54) is 21.6 Å². The largest absolute Gasteiger partial charge is 0.444 e. The fourth-order valence-electron chi connectivity index (χ4n) is 6.33. The van der Waals surface area contributed by atoms with Gasteiger partial charge in [0, 0.05) is 36.8 Å². The van der Waals surface area contributed by atoms with E-state index in [-0.39, 0.29) is 57.9 Å². The number of fused-ring (bicyclic) bond motifs is 1. The van der Waals surface area contributed by atoms with E-state index >= 15 is 4.39 Å². The van der Waals surface area contributed by atoms with E-state index in [4.69, 9.17) is 32.9 Å². The van der Waals surface area contributed by atoms with Crippen molar-refractivity contribution in [3.8, 4) is 16.9 Å². The third kappa shape index (κ3) is 6.68. The number of benzene rings is 1. The van der Waals surface area contributed by atoms with Gasteiger partial charge < -0.3 is 14.5 Å². The van der Waals surface area contributed by atoms with Crippen LogP contribution in [-0.2, 0) is 4.74 Å². The van der Waals surface area contributed by atoms with Gasteiger partial charge in [-0.25, -0.2) is 14.2 Å². The van der Waals surface area contributed by atoms with Gasteiger partial charge in [0.1, 0.15) is 17.1 Å². The Bertz CT molecular complexity index is 2010. The number of nitrogens with zero attached hydrogens (tertiary/aromatic N) is 6. The Labute approximate surface area is 293 Å². The van der Waals surface area contributed by atoms with Crippen molar-refractivity contribution < 1.29 is 18.8 Å². The lowest BCUT2D eigenvalue weighted by atomic mass is 10.0. The second-order valence-electron chi connectivity index (χ2n) is 13.7. The first-order valence-electron chi connectivity index (χ1n) is 15.9. The van der Waals surface area contributed by atoms with Gasteiger partial charge >= 0.3 is 17.3 Å². The number of piperazine rings is 1. The van der Waals surface area contributed by atoms with E-state index in [9.17, 15) is 19.7 Å². The molecule has 0 unspecified atom stereocenters. The average molecular weight is 714 g/mol. The van der Waals surface area contributed by atoms with Gasteiger partial charge in [0.05, 0.1) is 38.4 Å². The highest BCUT2D eigenvalue weighted by Crippen LogP contribution is 2.42. The molecule has 0 saturated carbocycles. The van der Waals surface area contributed by atoms with Crippen molar-refractivity contribution in [2.24, 2.45) is 0 Å². The molecule has 1 amide bonds. The second kappa shape index (κ2) is 13.5. The number of aromatic nitrogens is 3. The Morgan fingerprint density at radius 3 is 2.45 bits per heavy atom. The lowest BCUT2D eigenvalue weighted by Gasteiger charge is -2.45. The van der Waals surface area contributed by atoms with Crippen molar-refractivity contribution in [3.05, 3.63) is 84.7 Å². The number of hydrogen-bond donors (Lipinski definition) is 0. The highest BCUT2D eigenvalue weighted by molar-refractivity contribution is 6.34. The first-order valence-corrected chi connectivity index (χ1v) is 16.8. The molecule has 1 saturated heterocycles. The highest BCUT2D eigenvalue weighted by Gasteiger charge is 2.41. The molecule has 4 heterocycles. The molecule has 2 atom stereocenters. The topological polar surface area (TPSA) is 124 Å². The van der Waals surface area contributed by atoms with Gasteiger partial charge in [-0.15, -0.1) is 11.6 Å². The van der Waals surface area contributed by atoms with Crippen LogP contribution in [0.1, 0.15) is 64.3 Å². The predicted octanol–water partition coefficient (Wildman–Crippen LogP) is 7.94. The summed E-state index contributed by atoms with van der Waals surface area (Å²) < 4.78 is 22.2. The van der Waals surface area contributed by atoms with Gasteiger partial charge in [-0.3, -0.25) is 24.5 Å². The Kier molecular flexibility index (Phi) is 9.96. The van der Waals surface area contributed by atoms with Gasteiger partial charge in [-0.1, -0.05) is 37.6 Å². The summed E-state index contributed by atoms with van der Waals surface area (Å²) in [5, 5.41) is 13.2. The number of rotatable bonds is 6. The molecule has 3 aromatic heterocycles. The number of amides is 1. The smallest absolute Gasteiger partial charge is 0.410 e. The maximum Gasteiger partial charge on any atom is 0.410 e. The third-order valence-corrected chi connectivity index (χ3v) is 9.20. The molecule has 1 aliphatic heterocycles. The standard InChI is InChI=1S/C35H39Cl2FN6O5/c1-18(2)27-29(20(4)12-13-39-27)43-32-23(14-24(37)28(40-32)26-19(3)10-9-11-25(26)38)30(31(33(43)45)44(47)48)42-16-21(5)41(17-22(42)15-36)34(46)49-35(6,7)8/h9-14,18,21-22H,15-17H2,1-8H3/t21-,22+/m1/s1. The Morgan fingerprint density at radius 1 is 1.16 bits per heavy atom. The number of pyridine rings is 3. The first-order chi connectivity index (χ1) is 23.0. The van der Waals surface area contributed by atoms with Gasteiger partial charge in [0.2, 0.25) is 0 Å². The number of aryl methyl sites for hydroxylation is 2. The summed E-state index contributed by atoms with van der Waals surface area (Å²) in [5.74, 6) is -0.793. The highest BCUT2D eigenvalue weighted by atomic mass is 35.5. The van der Waals surface area contributed by atoms with Gasteiger partial charge in [0.15, 0.2) is 5.65 Å². The van der Waals surface area contributed by atoms with E-state index in [1.54, 1.807) is 70.8 Å². The van der Waals surface area contributed by atoms with Crippen LogP contribution in [0.15, 0.2) is 41.3 Å². The number of halogens is 3. The van der Waals surface area contributed by atoms with Crippen LogP contribution in [0.25, 0.3) is 28.0 Å². The number of carbonyl (C=O) groups is 1. The Morgan fingerprint density at radius 2 is 1.86 bits per heavy atom. The maximum absolute atomic E-state index is 15.4. The van der Waals surface area contributed by atoms with Crippen LogP contribution < -0.4 is 10.5 Å². The Balaban J connectivity index is 1.89. The number of carbonyl (C=O) groups excluding carboxylic acids is 1. The van der Waals surface area contributed by atoms with Crippen LogP contribution in [0.2, 0.25) is 5.02 Å². The molecule has 0 aliphatic carbocycles. The van der Waals surface area contributed by atoms with Crippen molar-refractivity contribution >= 4 is 51.7 Å². The zero-order chi connectivity index (χ0) is 36.1. The van der Waals surface area contributed by atoms with Crippen LogP contribution in [0.4, 0.5) is 20.6 Å². The summed E-state index contributed by atoms with van der Waals surface area (Å²) in [6, 6.07) is 6.60. The molecule has 0 N–H and O–H groups in total. The fourth-order valence-corrected chi connectivity index (χ4v) is 6.84. The van der Waals surface area contributed by atoms with Crippen LogP contribution in [-0.4, -0.2) is 67.1 Å². The van der Waals surface area contributed by atoms with Gasteiger partial charge in [0.25, 0.3) is 0 Å². The van der Waals surface area contributed by atoms with Crippen molar-refractivity contribution in [2.45, 2.75) is 79.0 Å². The predicted molar refractivity (Wildman–Crippen MR) is 190 cm³/mol. The van der Waals surface area contributed by atoms with E-state index in [0.29, 0.717) is 22.5 Å². The molecule has 260 valence electrons.